The van der Waals surface area contributed by atoms with Crippen molar-refractivity contribution in [1.29, 1.82) is 0 Å². The van der Waals surface area contributed by atoms with Crippen molar-refractivity contribution in [1.82, 2.24) is 0 Å². The van der Waals surface area contributed by atoms with Crippen LogP contribution in [0.4, 0.5) is 0 Å². The van der Waals surface area contributed by atoms with Crippen molar-refractivity contribution in [2.45, 2.75) is 117 Å². The molecule has 3 saturated carbocycles. The molecule has 7 atom stereocenters. The lowest BCUT2D eigenvalue weighted by Gasteiger charge is -2.44. The number of hydrogen-bond acceptors (Lipinski definition) is 2. The van der Waals surface area contributed by atoms with Gasteiger partial charge in [0.25, 0.3) is 0 Å². The molecular formula is C30H50O2. The summed E-state index contributed by atoms with van der Waals surface area (Å²) in [6, 6.07) is 0. The molecule has 0 aliphatic heterocycles. The lowest BCUT2D eigenvalue weighted by atomic mass is 9.60. The van der Waals surface area contributed by atoms with E-state index in [9.17, 15) is 10.2 Å². The highest BCUT2D eigenvalue weighted by Gasteiger charge is 2.50. The summed E-state index contributed by atoms with van der Waals surface area (Å²) in [5.74, 6) is 2.44. The van der Waals surface area contributed by atoms with E-state index in [1.165, 1.54) is 51.4 Å². The number of rotatable bonds is 6. The minimum atomic E-state index is -0.974. The summed E-state index contributed by atoms with van der Waals surface area (Å²) < 4.78 is 0. The van der Waals surface area contributed by atoms with Crippen LogP contribution in [-0.2, 0) is 0 Å². The third-order valence-electron chi connectivity index (χ3n) is 9.44. The Morgan fingerprint density at radius 1 is 1.19 bits per heavy atom. The molecule has 0 spiro atoms. The van der Waals surface area contributed by atoms with Gasteiger partial charge in [0.1, 0.15) is 0 Å². The Morgan fingerprint density at radius 2 is 1.88 bits per heavy atom. The van der Waals surface area contributed by atoms with Crippen LogP contribution in [0, 0.1) is 34.5 Å². The van der Waals surface area contributed by atoms with E-state index in [0.29, 0.717) is 29.6 Å². The van der Waals surface area contributed by atoms with Gasteiger partial charge >= 0.3 is 0 Å². The molecule has 3 aliphatic carbocycles. The van der Waals surface area contributed by atoms with E-state index in [4.69, 9.17) is 0 Å². The molecule has 0 amide bonds. The smallest absolute Gasteiger partial charge is 0.0887 e. The first kappa shape index (κ1) is 25.8. The summed E-state index contributed by atoms with van der Waals surface area (Å²) in [5, 5.41) is 21.2. The third-order valence-corrected chi connectivity index (χ3v) is 9.44. The summed E-state index contributed by atoms with van der Waals surface area (Å²) in [7, 11) is 0. The van der Waals surface area contributed by atoms with Crippen molar-refractivity contribution in [2.24, 2.45) is 34.5 Å². The van der Waals surface area contributed by atoms with Crippen molar-refractivity contribution in [3.05, 3.63) is 36.0 Å². The Bertz CT molecular complexity index is 726. The van der Waals surface area contributed by atoms with Gasteiger partial charge in [-0.3, -0.25) is 0 Å². The number of hydrogen-bond donors (Lipinski definition) is 2. The molecule has 1 unspecified atom stereocenters. The van der Waals surface area contributed by atoms with E-state index in [2.05, 4.69) is 60.3 Å². The normalized spacial score (nSPS) is 41.6. The van der Waals surface area contributed by atoms with Crippen LogP contribution < -0.4 is 0 Å². The SMILES string of the molecule is C=C[C@]1(O)C/C(=C\C=C2/CCC[C@]3(C)[C@@H]([C@@H](C)CCCC(C)(C)C)CC[C@@H]23)C(C)[C@@H](O)C1. The van der Waals surface area contributed by atoms with Gasteiger partial charge in [0.2, 0.25) is 0 Å². The number of allylic oxidation sites excluding steroid dienone is 3. The highest BCUT2D eigenvalue weighted by Crippen LogP contribution is 2.60. The largest absolute Gasteiger partial charge is 0.392 e. The molecule has 3 aliphatic rings. The second-order valence-electron chi connectivity index (χ2n) is 13.1. The molecule has 0 aromatic rings. The molecular weight excluding hydrogens is 392 g/mol. The van der Waals surface area contributed by atoms with Gasteiger partial charge in [-0.15, -0.1) is 6.58 Å². The van der Waals surface area contributed by atoms with Crippen LogP contribution >= 0.6 is 0 Å². The first-order valence-corrected chi connectivity index (χ1v) is 13.3. The lowest BCUT2D eigenvalue weighted by Crippen LogP contribution is -2.41. The molecule has 32 heavy (non-hydrogen) atoms. The van der Waals surface area contributed by atoms with Crippen LogP contribution in [0.15, 0.2) is 36.0 Å². The van der Waals surface area contributed by atoms with E-state index in [1.54, 1.807) is 11.6 Å². The maximum atomic E-state index is 10.7. The maximum absolute atomic E-state index is 10.7. The van der Waals surface area contributed by atoms with Gasteiger partial charge in [-0.05, 0) is 67.1 Å². The summed E-state index contributed by atoms with van der Waals surface area (Å²) in [5.41, 5.74) is 2.68. The predicted octanol–water partition coefficient (Wildman–Crippen LogP) is 7.62. The van der Waals surface area contributed by atoms with Crippen molar-refractivity contribution in [2.75, 3.05) is 0 Å². The van der Waals surface area contributed by atoms with Gasteiger partial charge < -0.3 is 10.2 Å². The Labute approximate surface area is 198 Å². The molecule has 0 bridgehead atoms. The average Bonchev–Trinajstić information content (AvgIpc) is 3.06. The summed E-state index contributed by atoms with van der Waals surface area (Å²) in [6.07, 6.45) is 17.3. The Morgan fingerprint density at radius 3 is 2.53 bits per heavy atom. The Kier molecular flexibility index (Phi) is 7.88. The number of aliphatic hydroxyl groups is 2. The van der Waals surface area contributed by atoms with Gasteiger partial charge in [-0.1, -0.05) is 83.8 Å². The highest BCUT2D eigenvalue weighted by atomic mass is 16.3. The molecule has 182 valence electrons. The first-order valence-electron chi connectivity index (χ1n) is 13.3. The van der Waals surface area contributed by atoms with E-state index >= 15 is 0 Å². The third kappa shape index (κ3) is 5.61. The van der Waals surface area contributed by atoms with Crippen LogP contribution in [0.2, 0.25) is 0 Å². The molecule has 0 heterocycles. The summed E-state index contributed by atoms with van der Waals surface area (Å²) >= 11 is 0. The van der Waals surface area contributed by atoms with Crippen molar-refractivity contribution < 1.29 is 10.2 Å². The van der Waals surface area contributed by atoms with Crippen LogP contribution in [0.25, 0.3) is 0 Å². The molecule has 2 heteroatoms. The fraction of sp³-hybridized carbons (Fsp3) is 0.800. The van der Waals surface area contributed by atoms with Crippen LogP contribution in [-0.4, -0.2) is 21.9 Å². The second-order valence-corrected chi connectivity index (χ2v) is 13.1. The molecule has 0 radical (unpaired) electrons. The van der Waals surface area contributed by atoms with Crippen molar-refractivity contribution >= 4 is 0 Å². The summed E-state index contributed by atoms with van der Waals surface area (Å²) in [6.45, 7) is 18.1. The highest BCUT2D eigenvalue weighted by molar-refractivity contribution is 5.29. The quantitative estimate of drug-likeness (QED) is 0.415. The van der Waals surface area contributed by atoms with Gasteiger partial charge in [0.05, 0.1) is 11.7 Å². The zero-order valence-corrected chi connectivity index (χ0v) is 21.8. The monoisotopic (exact) mass is 442 g/mol. The zero-order chi connectivity index (χ0) is 23.7. The first-order chi connectivity index (χ1) is 14.9. The predicted molar refractivity (Wildman–Crippen MR) is 136 cm³/mol. The van der Waals surface area contributed by atoms with Gasteiger partial charge in [-0.2, -0.15) is 0 Å². The Balaban J connectivity index is 1.73. The minimum absolute atomic E-state index is 0.0983. The lowest BCUT2D eigenvalue weighted by molar-refractivity contribution is -0.0121. The molecule has 3 rings (SSSR count). The van der Waals surface area contributed by atoms with Gasteiger partial charge in [0, 0.05) is 18.8 Å². The average molecular weight is 443 g/mol. The van der Waals surface area contributed by atoms with Crippen molar-refractivity contribution in [3.63, 3.8) is 0 Å². The summed E-state index contributed by atoms with van der Waals surface area (Å²) in [4.78, 5) is 0. The molecule has 0 aromatic carbocycles. The number of aliphatic hydroxyl groups excluding tert-OH is 1. The van der Waals surface area contributed by atoms with Crippen LogP contribution in [0.1, 0.15) is 106 Å². The molecule has 2 N–H and O–H groups in total. The van der Waals surface area contributed by atoms with Gasteiger partial charge in [-0.25, -0.2) is 0 Å². The van der Waals surface area contributed by atoms with Crippen molar-refractivity contribution in [3.8, 4) is 0 Å². The fourth-order valence-electron chi connectivity index (χ4n) is 7.32. The molecule has 0 aromatic heterocycles. The Hall–Kier alpha value is -0.860. The maximum Gasteiger partial charge on any atom is 0.0887 e. The topological polar surface area (TPSA) is 40.5 Å². The minimum Gasteiger partial charge on any atom is -0.392 e. The second kappa shape index (κ2) is 9.79. The van der Waals surface area contributed by atoms with Crippen LogP contribution in [0.5, 0.6) is 0 Å². The zero-order valence-electron chi connectivity index (χ0n) is 21.8. The molecule has 0 saturated heterocycles. The van der Waals surface area contributed by atoms with E-state index in [0.717, 1.165) is 17.4 Å². The molecule has 3 fully saturated rings. The van der Waals surface area contributed by atoms with E-state index < -0.39 is 11.7 Å². The standard InChI is InChI=1S/C30H50O2/c1-8-30(32)19-24(22(3)27(31)20-30)14-13-23-12-10-18-29(7)25(15-16-26(23)29)21(2)11-9-17-28(4,5)6/h8,13-14,21-22,25-27,31-32H,1,9-12,15-20H2,2-7H3/b23-13+,24-14+/t21-,22?,25+,26-,27-,29+,30-/m0/s1. The van der Waals surface area contributed by atoms with Crippen LogP contribution in [0.3, 0.4) is 0 Å². The van der Waals surface area contributed by atoms with E-state index in [-0.39, 0.29) is 5.92 Å². The van der Waals surface area contributed by atoms with Gasteiger partial charge in [0.15, 0.2) is 0 Å². The fourth-order valence-corrected chi connectivity index (χ4v) is 7.32. The molecule has 2 nitrogen and oxygen atoms in total. The van der Waals surface area contributed by atoms with E-state index in [1.807, 2.05) is 0 Å². The number of fused-ring (bicyclic) bond motifs is 1.